The molecule has 1 amide bonds. The number of rotatable bonds is 7. The maximum Gasteiger partial charge on any atom is 0.222 e. The molecule has 1 saturated heterocycles. The number of guanidine groups is 1. The lowest BCUT2D eigenvalue weighted by Crippen LogP contribution is -2.39. The fraction of sp³-hybridized carbons (Fsp3) is 0.579. The van der Waals surface area contributed by atoms with Crippen LogP contribution in [0, 0.1) is 12.7 Å². The first-order valence-corrected chi connectivity index (χ1v) is 9.10. The van der Waals surface area contributed by atoms with Gasteiger partial charge in [-0.05, 0) is 50.8 Å². The summed E-state index contributed by atoms with van der Waals surface area (Å²) in [6.07, 6.45) is 2.49. The first-order valence-electron chi connectivity index (χ1n) is 9.10. The van der Waals surface area contributed by atoms with Crippen LogP contribution in [0.3, 0.4) is 0 Å². The predicted octanol–water partition coefficient (Wildman–Crippen LogP) is 3.38. The zero-order valence-corrected chi connectivity index (χ0v) is 18.2. The van der Waals surface area contributed by atoms with Crippen molar-refractivity contribution >= 4 is 35.8 Å². The summed E-state index contributed by atoms with van der Waals surface area (Å²) < 4.78 is 13.7. The molecule has 0 aromatic heterocycles. The third-order valence-corrected chi connectivity index (χ3v) is 4.42. The standard InChI is InChI=1S/C19H29FN4O.HI/c1-4-21-19(22-10-6-12-24-11-5-7-18(24)25)23-15(3)16-9-8-14(2)17(20)13-16;/h8-9,13,15H,4-7,10-12H2,1-3H3,(H2,21,22,23);1H. The van der Waals surface area contributed by atoms with Gasteiger partial charge >= 0.3 is 0 Å². The lowest BCUT2D eigenvalue weighted by Gasteiger charge is -2.19. The van der Waals surface area contributed by atoms with Crippen molar-refractivity contribution in [1.29, 1.82) is 0 Å². The first-order chi connectivity index (χ1) is 12.0. The smallest absolute Gasteiger partial charge is 0.222 e. The summed E-state index contributed by atoms with van der Waals surface area (Å²) >= 11 is 0. The highest BCUT2D eigenvalue weighted by atomic mass is 127. The van der Waals surface area contributed by atoms with Crippen LogP contribution in [0.4, 0.5) is 4.39 Å². The molecule has 1 aromatic carbocycles. The minimum atomic E-state index is -0.191. The molecule has 1 aliphatic rings. The van der Waals surface area contributed by atoms with Gasteiger partial charge < -0.3 is 15.5 Å². The van der Waals surface area contributed by atoms with Crippen LogP contribution in [0.5, 0.6) is 0 Å². The molecule has 1 aliphatic heterocycles. The van der Waals surface area contributed by atoms with Gasteiger partial charge in [0.25, 0.3) is 0 Å². The van der Waals surface area contributed by atoms with E-state index >= 15 is 0 Å². The lowest BCUT2D eigenvalue weighted by atomic mass is 10.1. The summed E-state index contributed by atoms with van der Waals surface area (Å²) in [6, 6.07) is 5.24. The van der Waals surface area contributed by atoms with Gasteiger partial charge in [-0.3, -0.25) is 9.79 Å². The monoisotopic (exact) mass is 476 g/mol. The van der Waals surface area contributed by atoms with E-state index in [-0.39, 0.29) is 41.7 Å². The zero-order chi connectivity index (χ0) is 18.2. The Balaban J connectivity index is 0.00000338. The molecule has 1 atom stereocenters. The third kappa shape index (κ3) is 6.74. The predicted molar refractivity (Wildman–Crippen MR) is 115 cm³/mol. The largest absolute Gasteiger partial charge is 0.357 e. The summed E-state index contributed by atoms with van der Waals surface area (Å²) in [5.41, 5.74) is 1.53. The van der Waals surface area contributed by atoms with E-state index in [2.05, 4.69) is 15.6 Å². The van der Waals surface area contributed by atoms with Gasteiger partial charge in [0.15, 0.2) is 5.96 Å². The molecule has 0 aliphatic carbocycles. The van der Waals surface area contributed by atoms with Crippen molar-refractivity contribution in [3.63, 3.8) is 0 Å². The topological polar surface area (TPSA) is 56.7 Å². The summed E-state index contributed by atoms with van der Waals surface area (Å²) in [4.78, 5) is 18.1. The Morgan fingerprint density at radius 3 is 2.81 bits per heavy atom. The van der Waals surface area contributed by atoms with Gasteiger partial charge in [0.2, 0.25) is 5.91 Å². The molecule has 1 fully saturated rings. The number of aryl methyl sites for hydroxylation is 1. The van der Waals surface area contributed by atoms with Crippen LogP contribution in [0.25, 0.3) is 0 Å². The molecule has 2 rings (SSSR count). The van der Waals surface area contributed by atoms with E-state index in [1.165, 1.54) is 0 Å². The SMILES string of the molecule is CCNC(=NCCCN1CCCC1=O)NC(C)c1ccc(C)c(F)c1.I. The quantitative estimate of drug-likeness (QED) is 0.275. The van der Waals surface area contributed by atoms with Gasteiger partial charge in [0.1, 0.15) is 5.82 Å². The molecule has 5 nitrogen and oxygen atoms in total. The van der Waals surface area contributed by atoms with E-state index in [4.69, 9.17) is 0 Å². The summed E-state index contributed by atoms with van der Waals surface area (Å²) in [5, 5.41) is 6.52. The van der Waals surface area contributed by atoms with Crippen molar-refractivity contribution in [2.45, 2.75) is 46.1 Å². The summed E-state index contributed by atoms with van der Waals surface area (Å²) in [7, 11) is 0. The summed E-state index contributed by atoms with van der Waals surface area (Å²) in [6.45, 7) is 8.79. The van der Waals surface area contributed by atoms with E-state index < -0.39 is 0 Å². The Hall–Kier alpha value is -1.38. The third-order valence-electron chi connectivity index (χ3n) is 4.42. The van der Waals surface area contributed by atoms with Crippen molar-refractivity contribution < 1.29 is 9.18 Å². The number of carbonyl (C=O) groups excluding carboxylic acids is 1. The van der Waals surface area contributed by atoms with E-state index in [1.807, 2.05) is 24.8 Å². The number of hydrogen-bond donors (Lipinski definition) is 2. The molecule has 1 unspecified atom stereocenters. The zero-order valence-electron chi connectivity index (χ0n) is 15.8. The Bertz CT molecular complexity index is 624. The Morgan fingerprint density at radius 2 is 2.19 bits per heavy atom. The van der Waals surface area contributed by atoms with E-state index in [0.29, 0.717) is 24.5 Å². The highest BCUT2D eigenvalue weighted by Gasteiger charge is 2.18. The normalized spacial score (nSPS) is 15.6. The Morgan fingerprint density at radius 1 is 1.42 bits per heavy atom. The molecule has 0 radical (unpaired) electrons. The van der Waals surface area contributed by atoms with Crippen molar-refractivity contribution in [3.05, 3.63) is 35.1 Å². The van der Waals surface area contributed by atoms with Gasteiger partial charge in [-0.2, -0.15) is 0 Å². The molecule has 7 heteroatoms. The number of hydrogen-bond acceptors (Lipinski definition) is 2. The number of halogens is 2. The fourth-order valence-electron chi connectivity index (χ4n) is 2.88. The molecule has 146 valence electrons. The van der Waals surface area contributed by atoms with E-state index in [1.54, 1.807) is 19.1 Å². The second kappa shape index (κ2) is 11.4. The number of aliphatic imine (C=N–C) groups is 1. The fourth-order valence-corrected chi connectivity index (χ4v) is 2.88. The van der Waals surface area contributed by atoms with Gasteiger partial charge in [-0.25, -0.2) is 4.39 Å². The van der Waals surface area contributed by atoms with Crippen LogP contribution in [-0.4, -0.2) is 42.9 Å². The number of carbonyl (C=O) groups is 1. The average Bonchev–Trinajstić information content (AvgIpc) is 2.99. The van der Waals surface area contributed by atoms with Crippen LogP contribution in [0.15, 0.2) is 23.2 Å². The van der Waals surface area contributed by atoms with Gasteiger partial charge in [0.05, 0.1) is 6.04 Å². The first kappa shape index (κ1) is 22.7. The maximum absolute atomic E-state index is 13.7. The molecular formula is C19H30FIN4O. The second-order valence-corrected chi connectivity index (χ2v) is 6.47. The van der Waals surface area contributed by atoms with Crippen LogP contribution in [0.2, 0.25) is 0 Å². The van der Waals surface area contributed by atoms with Crippen molar-refractivity contribution in [2.24, 2.45) is 4.99 Å². The molecule has 0 saturated carbocycles. The molecule has 1 heterocycles. The molecule has 26 heavy (non-hydrogen) atoms. The van der Waals surface area contributed by atoms with E-state index in [0.717, 1.165) is 38.0 Å². The molecule has 0 bridgehead atoms. The minimum Gasteiger partial charge on any atom is -0.357 e. The summed E-state index contributed by atoms with van der Waals surface area (Å²) in [5.74, 6) is 0.774. The van der Waals surface area contributed by atoms with Crippen LogP contribution >= 0.6 is 24.0 Å². The number of nitrogens with one attached hydrogen (secondary N) is 2. The molecule has 2 N–H and O–H groups in total. The van der Waals surface area contributed by atoms with Crippen molar-refractivity contribution in [2.75, 3.05) is 26.2 Å². The van der Waals surface area contributed by atoms with Gasteiger partial charge in [-0.1, -0.05) is 12.1 Å². The highest BCUT2D eigenvalue weighted by molar-refractivity contribution is 14.0. The van der Waals surface area contributed by atoms with Crippen molar-refractivity contribution in [3.8, 4) is 0 Å². The van der Waals surface area contributed by atoms with Gasteiger partial charge in [-0.15, -0.1) is 24.0 Å². The molecular weight excluding hydrogens is 446 g/mol. The number of likely N-dealkylation sites (tertiary alicyclic amines) is 1. The number of nitrogens with zero attached hydrogens (tertiary/aromatic N) is 2. The van der Waals surface area contributed by atoms with Crippen LogP contribution in [0.1, 0.15) is 50.3 Å². The van der Waals surface area contributed by atoms with Crippen molar-refractivity contribution in [1.82, 2.24) is 15.5 Å². The molecule has 0 spiro atoms. The van der Waals surface area contributed by atoms with Gasteiger partial charge in [0, 0.05) is 32.6 Å². The minimum absolute atomic E-state index is 0. The van der Waals surface area contributed by atoms with Crippen LogP contribution in [-0.2, 0) is 4.79 Å². The lowest BCUT2D eigenvalue weighted by molar-refractivity contribution is -0.127. The van der Waals surface area contributed by atoms with Crippen LogP contribution < -0.4 is 10.6 Å². The number of benzene rings is 1. The van der Waals surface area contributed by atoms with E-state index in [9.17, 15) is 9.18 Å². The second-order valence-electron chi connectivity index (χ2n) is 6.47. The Kier molecular flexibility index (Phi) is 9.90. The molecule has 1 aromatic rings. The number of amides is 1. The Labute approximate surface area is 172 Å². The highest BCUT2D eigenvalue weighted by Crippen LogP contribution is 2.16. The average molecular weight is 476 g/mol. The maximum atomic E-state index is 13.7.